The molecule has 170 valence electrons. The zero-order valence-corrected chi connectivity index (χ0v) is 20.3. The molecular weight excluding hydrogens is 354 g/mol. The van der Waals surface area contributed by atoms with Gasteiger partial charge in [0, 0.05) is 24.2 Å². The van der Waals surface area contributed by atoms with Crippen LogP contribution >= 0.6 is 0 Å². The molecule has 3 aliphatic rings. The number of hydrogen-bond donors (Lipinski definition) is 2. The van der Waals surface area contributed by atoms with Crippen molar-refractivity contribution in [2.45, 2.75) is 142 Å². The van der Waals surface area contributed by atoms with E-state index in [2.05, 4.69) is 50.2 Å². The fraction of sp³-hybridized carbons (Fsp3) is 1.00. The van der Waals surface area contributed by atoms with Crippen molar-refractivity contribution in [1.82, 2.24) is 15.5 Å². The van der Waals surface area contributed by atoms with Crippen LogP contribution in [0.5, 0.6) is 0 Å². The number of hydrogen-bond acceptors (Lipinski definition) is 3. The molecule has 2 aliphatic carbocycles. The molecule has 0 amide bonds. The van der Waals surface area contributed by atoms with Gasteiger partial charge >= 0.3 is 0 Å². The SMILES string of the molecule is CCCCNC(CC)C(C)C1CC2NC(C)N(C3CCCC(CCCC)C3)C2C1. The van der Waals surface area contributed by atoms with Gasteiger partial charge in [0.2, 0.25) is 0 Å². The van der Waals surface area contributed by atoms with E-state index in [0.29, 0.717) is 12.2 Å². The van der Waals surface area contributed by atoms with Gasteiger partial charge in [0.15, 0.2) is 0 Å². The largest absolute Gasteiger partial charge is 0.314 e. The highest BCUT2D eigenvalue weighted by atomic mass is 15.4. The summed E-state index contributed by atoms with van der Waals surface area (Å²) < 4.78 is 0. The number of nitrogens with one attached hydrogen (secondary N) is 2. The first-order valence-corrected chi connectivity index (χ1v) is 13.4. The van der Waals surface area contributed by atoms with Crippen molar-refractivity contribution in [3.05, 3.63) is 0 Å². The fourth-order valence-electron chi connectivity index (χ4n) is 7.05. The van der Waals surface area contributed by atoms with Gasteiger partial charge in [0.05, 0.1) is 6.17 Å². The molecule has 3 rings (SSSR count). The first-order chi connectivity index (χ1) is 14.1. The summed E-state index contributed by atoms with van der Waals surface area (Å²) in [6.07, 6.45) is 17.4. The third kappa shape index (κ3) is 5.77. The van der Waals surface area contributed by atoms with E-state index in [4.69, 9.17) is 0 Å². The first-order valence-electron chi connectivity index (χ1n) is 13.4. The molecule has 0 aromatic carbocycles. The predicted molar refractivity (Wildman–Crippen MR) is 126 cm³/mol. The highest BCUT2D eigenvalue weighted by Crippen LogP contribution is 2.43. The smallest absolute Gasteiger partial charge is 0.0576 e. The van der Waals surface area contributed by atoms with Crippen molar-refractivity contribution in [2.24, 2.45) is 17.8 Å². The Morgan fingerprint density at radius 1 is 1.03 bits per heavy atom. The molecule has 0 aromatic heterocycles. The fourth-order valence-corrected chi connectivity index (χ4v) is 7.05. The van der Waals surface area contributed by atoms with Gasteiger partial charge in [-0.3, -0.25) is 10.2 Å². The van der Waals surface area contributed by atoms with Crippen LogP contribution in [0.2, 0.25) is 0 Å². The second kappa shape index (κ2) is 11.5. The topological polar surface area (TPSA) is 27.3 Å². The minimum atomic E-state index is 0.584. The zero-order valence-electron chi connectivity index (χ0n) is 20.3. The van der Waals surface area contributed by atoms with Crippen LogP contribution in [-0.2, 0) is 0 Å². The van der Waals surface area contributed by atoms with Gasteiger partial charge in [-0.2, -0.15) is 0 Å². The molecule has 2 saturated carbocycles. The highest BCUT2D eigenvalue weighted by Gasteiger charge is 2.49. The Morgan fingerprint density at radius 2 is 1.83 bits per heavy atom. The van der Waals surface area contributed by atoms with Gasteiger partial charge in [0.25, 0.3) is 0 Å². The molecule has 0 bridgehead atoms. The summed E-state index contributed by atoms with van der Waals surface area (Å²) >= 11 is 0. The summed E-state index contributed by atoms with van der Waals surface area (Å²) in [7, 11) is 0. The van der Waals surface area contributed by atoms with Crippen molar-refractivity contribution in [2.75, 3.05) is 6.54 Å². The highest BCUT2D eigenvalue weighted by molar-refractivity contribution is 5.05. The Kier molecular flexibility index (Phi) is 9.32. The van der Waals surface area contributed by atoms with Crippen molar-refractivity contribution >= 4 is 0 Å². The van der Waals surface area contributed by atoms with Gasteiger partial charge in [-0.15, -0.1) is 0 Å². The van der Waals surface area contributed by atoms with Gasteiger partial charge in [-0.05, 0) is 69.7 Å². The lowest BCUT2D eigenvalue weighted by Crippen LogP contribution is -2.47. The monoisotopic (exact) mass is 405 g/mol. The Bertz CT molecular complexity index is 467. The molecule has 1 aliphatic heterocycles. The third-order valence-corrected chi connectivity index (χ3v) is 8.75. The predicted octanol–water partition coefficient (Wildman–Crippen LogP) is 5.94. The molecule has 0 aromatic rings. The van der Waals surface area contributed by atoms with E-state index >= 15 is 0 Å². The molecule has 0 spiro atoms. The van der Waals surface area contributed by atoms with Crippen molar-refractivity contribution in [3.63, 3.8) is 0 Å². The number of unbranched alkanes of at least 4 members (excludes halogenated alkanes) is 2. The van der Waals surface area contributed by atoms with Crippen LogP contribution in [-0.4, -0.2) is 41.8 Å². The van der Waals surface area contributed by atoms with E-state index in [1.54, 1.807) is 0 Å². The lowest BCUT2D eigenvalue weighted by Gasteiger charge is -2.41. The molecule has 1 saturated heterocycles. The first kappa shape index (κ1) is 23.5. The van der Waals surface area contributed by atoms with E-state index < -0.39 is 0 Å². The minimum Gasteiger partial charge on any atom is -0.314 e. The average molecular weight is 406 g/mol. The maximum absolute atomic E-state index is 4.02. The molecule has 1 heterocycles. The summed E-state index contributed by atoms with van der Waals surface area (Å²) in [6, 6.07) is 3.06. The van der Waals surface area contributed by atoms with Crippen LogP contribution in [0, 0.1) is 17.8 Å². The maximum Gasteiger partial charge on any atom is 0.0576 e. The normalized spacial score (nSPS) is 37.6. The molecule has 3 nitrogen and oxygen atoms in total. The molecule has 3 fully saturated rings. The lowest BCUT2D eigenvalue weighted by atomic mass is 9.81. The van der Waals surface area contributed by atoms with E-state index in [-0.39, 0.29) is 0 Å². The Labute approximate surface area is 182 Å². The average Bonchev–Trinajstić information content (AvgIpc) is 3.26. The van der Waals surface area contributed by atoms with Crippen LogP contribution in [0.15, 0.2) is 0 Å². The van der Waals surface area contributed by atoms with E-state index in [9.17, 15) is 0 Å². The van der Waals surface area contributed by atoms with Crippen LogP contribution < -0.4 is 10.6 Å². The van der Waals surface area contributed by atoms with Gasteiger partial charge in [-0.25, -0.2) is 0 Å². The van der Waals surface area contributed by atoms with Crippen molar-refractivity contribution < 1.29 is 0 Å². The van der Waals surface area contributed by atoms with Gasteiger partial charge < -0.3 is 5.32 Å². The molecule has 0 radical (unpaired) electrons. The summed E-state index contributed by atoms with van der Waals surface area (Å²) in [4.78, 5) is 2.96. The summed E-state index contributed by atoms with van der Waals surface area (Å²) in [5, 5.41) is 7.91. The summed E-state index contributed by atoms with van der Waals surface area (Å²) in [5.74, 6) is 2.67. The lowest BCUT2D eigenvalue weighted by molar-refractivity contribution is 0.0741. The third-order valence-electron chi connectivity index (χ3n) is 8.75. The zero-order chi connectivity index (χ0) is 20.8. The number of fused-ring (bicyclic) bond motifs is 1. The maximum atomic E-state index is 4.02. The van der Waals surface area contributed by atoms with Crippen LogP contribution in [0.25, 0.3) is 0 Å². The second-order valence-electron chi connectivity index (χ2n) is 10.7. The van der Waals surface area contributed by atoms with Gasteiger partial charge in [0.1, 0.15) is 0 Å². The van der Waals surface area contributed by atoms with E-state index in [1.807, 2.05) is 0 Å². The molecule has 29 heavy (non-hydrogen) atoms. The minimum absolute atomic E-state index is 0.584. The summed E-state index contributed by atoms with van der Waals surface area (Å²) in [5.41, 5.74) is 0. The van der Waals surface area contributed by atoms with Crippen LogP contribution in [0.4, 0.5) is 0 Å². The van der Waals surface area contributed by atoms with Gasteiger partial charge in [-0.1, -0.05) is 66.2 Å². The van der Waals surface area contributed by atoms with Crippen molar-refractivity contribution in [3.8, 4) is 0 Å². The Balaban J connectivity index is 1.57. The Morgan fingerprint density at radius 3 is 2.55 bits per heavy atom. The van der Waals surface area contributed by atoms with E-state index in [0.717, 1.165) is 35.9 Å². The second-order valence-corrected chi connectivity index (χ2v) is 10.7. The molecule has 8 atom stereocenters. The quantitative estimate of drug-likeness (QED) is 0.417. The number of rotatable bonds is 11. The standard InChI is InChI=1S/C26H51N3/c1-6-9-12-21-13-11-14-23(16-21)29-20(5)28-25-17-22(18-26(25)29)19(4)24(8-3)27-15-10-7-2/h19-28H,6-18H2,1-5H3. The molecule has 8 unspecified atom stereocenters. The Hall–Kier alpha value is -0.120. The molecular formula is C26H51N3. The van der Waals surface area contributed by atoms with Crippen LogP contribution in [0.1, 0.15) is 112 Å². The summed E-state index contributed by atoms with van der Waals surface area (Å²) in [6.45, 7) is 13.2. The van der Waals surface area contributed by atoms with Crippen molar-refractivity contribution in [1.29, 1.82) is 0 Å². The molecule has 3 heteroatoms. The number of nitrogens with zero attached hydrogens (tertiary/aromatic N) is 1. The van der Waals surface area contributed by atoms with Crippen LogP contribution in [0.3, 0.4) is 0 Å². The molecule has 2 N–H and O–H groups in total. The van der Waals surface area contributed by atoms with E-state index in [1.165, 1.54) is 83.6 Å².